The van der Waals surface area contributed by atoms with Crippen LogP contribution in [0.4, 0.5) is 0 Å². The molecule has 0 rings (SSSR count). The summed E-state index contributed by atoms with van der Waals surface area (Å²) in [5, 5.41) is 0. The molecule has 1 heteroatoms. The van der Waals surface area contributed by atoms with Gasteiger partial charge in [-0.2, -0.15) is 0 Å². The number of nitrogens with zero attached hydrogens (tertiary/aromatic N) is 1. The summed E-state index contributed by atoms with van der Waals surface area (Å²) < 4.78 is 0. The summed E-state index contributed by atoms with van der Waals surface area (Å²) in [5.74, 6) is 0. The van der Waals surface area contributed by atoms with Gasteiger partial charge in [-0.3, -0.25) is 4.90 Å². The molecule has 0 aromatic carbocycles. The molecule has 0 radical (unpaired) electrons. The van der Waals surface area contributed by atoms with E-state index in [1.807, 2.05) is 0 Å². The summed E-state index contributed by atoms with van der Waals surface area (Å²) in [7, 11) is 0. The zero-order valence-corrected chi connectivity index (χ0v) is 20.5. The minimum Gasteiger partial charge on any atom is -0.293 e. The maximum atomic E-state index is 2.80. The van der Waals surface area contributed by atoms with Gasteiger partial charge in [0.25, 0.3) is 0 Å². The van der Waals surface area contributed by atoms with Crippen LogP contribution in [0.1, 0.15) is 151 Å². The third-order valence-electron chi connectivity index (χ3n) is 6.56. The third kappa shape index (κ3) is 12.9. The highest BCUT2D eigenvalue weighted by atomic mass is 15.2. The molecule has 0 unspecified atom stereocenters. The first-order valence-corrected chi connectivity index (χ1v) is 12.6. The summed E-state index contributed by atoms with van der Waals surface area (Å²) in [4.78, 5) is 2.80. The Morgan fingerprint density at radius 2 is 0.741 bits per heavy atom. The van der Waals surface area contributed by atoms with Gasteiger partial charge in [-0.05, 0) is 47.1 Å². The highest BCUT2D eigenvalue weighted by Crippen LogP contribution is 2.33. The van der Waals surface area contributed by atoms with Gasteiger partial charge in [0.15, 0.2) is 0 Å². The SMILES string of the molecule is CCCCCCCCCC(C)(C)N(CC)C(C)(C)CCCCCCCCC. The lowest BCUT2D eigenvalue weighted by atomic mass is 9.85. The molecule has 27 heavy (non-hydrogen) atoms. The third-order valence-corrected chi connectivity index (χ3v) is 6.56. The largest absolute Gasteiger partial charge is 0.293 e. The molecule has 0 N–H and O–H groups in total. The number of hydrogen-bond acceptors (Lipinski definition) is 1. The van der Waals surface area contributed by atoms with Crippen molar-refractivity contribution >= 4 is 0 Å². The Bertz CT molecular complexity index is 288. The lowest BCUT2D eigenvalue weighted by Crippen LogP contribution is -2.55. The maximum Gasteiger partial charge on any atom is 0.0158 e. The average Bonchev–Trinajstić information content (AvgIpc) is 2.60. The molecule has 0 aliphatic rings. The van der Waals surface area contributed by atoms with Crippen LogP contribution < -0.4 is 0 Å². The van der Waals surface area contributed by atoms with Crippen molar-refractivity contribution in [1.29, 1.82) is 0 Å². The fraction of sp³-hybridized carbons (Fsp3) is 1.00. The second-order valence-corrected chi connectivity index (χ2v) is 10.1. The first-order valence-electron chi connectivity index (χ1n) is 12.6. The van der Waals surface area contributed by atoms with Crippen LogP contribution in [-0.2, 0) is 0 Å². The van der Waals surface area contributed by atoms with Crippen molar-refractivity contribution in [3.05, 3.63) is 0 Å². The van der Waals surface area contributed by atoms with Crippen LogP contribution in [0.2, 0.25) is 0 Å². The molecule has 164 valence electrons. The molecular weight excluding hydrogens is 326 g/mol. The molecule has 0 spiro atoms. The van der Waals surface area contributed by atoms with Crippen LogP contribution in [0.15, 0.2) is 0 Å². The van der Waals surface area contributed by atoms with E-state index in [1.165, 1.54) is 109 Å². The van der Waals surface area contributed by atoms with Crippen molar-refractivity contribution in [2.24, 2.45) is 0 Å². The van der Waals surface area contributed by atoms with Gasteiger partial charge in [0.2, 0.25) is 0 Å². The minimum atomic E-state index is 0.322. The molecule has 0 fully saturated rings. The second kappa shape index (κ2) is 15.8. The van der Waals surface area contributed by atoms with E-state index in [9.17, 15) is 0 Å². The van der Waals surface area contributed by atoms with Gasteiger partial charge in [-0.1, -0.05) is 111 Å². The van der Waals surface area contributed by atoms with Crippen LogP contribution in [0.3, 0.4) is 0 Å². The first kappa shape index (κ1) is 27.0. The zero-order valence-electron chi connectivity index (χ0n) is 20.5. The van der Waals surface area contributed by atoms with Gasteiger partial charge in [-0.25, -0.2) is 0 Å². The summed E-state index contributed by atoms with van der Waals surface area (Å²) in [6.45, 7) is 18.1. The Labute approximate surface area is 174 Å². The van der Waals surface area contributed by atoms with Crippen LogP contribution in [0.5, 0.6) is 0 Å². The fourth-order valence-corrected chi connectivity index (χ4v) is 4.97. The van der Waals surface area contributed by atoms with E-state index >= 15 is 0 Å². The van der Waals surface area contributed by atoms with Crippen molar-refractivity contribution in [3.63, 3.8) is 0 Å². The molecule has 0 bridgehead atoms. The molecule has 0 amide bonds. The summed E-state index contributed by atoms with van der Waals surface area (Å²) >= 11 is 0. The highest BCUT2D eigenvalue weighted by Gasteiger charge is 2.35. The van der Waals surface area contributed by atoms with E-state index in [2.05, 4.69) is 53.4 Å². The van der Waals surface area contributed by atoms with Gasteiger partial charge in [0, 0.05) is 11.1 Å². The Morgan fingerprint density at radius 1 is 0.444 bits per heavy atom. The Morgan fingerprint density at radius 3 is 1.04 bits per heavy atom. The van der Waals surface area contributed by atoms with Crippen molar-refractivity contribution in [1.82, 2.24) is 4.90 Å². The quantitative estimate of drug-likeness (QED) is 0.202. The lowest BCUT2D eigenvalue weighted by Gasteiger charge is -2.49. The molecule has 0 saturated carbocycles. The van der Waals surface area contributed by atoms with E-state index in [0.717, 1.165) is 0 Å². The van der Waals surface area contributed by atoms with E-state index < -0.39 is 0 Å². The Balaban J connectivity index is 4.20. The molecule has 0 aromatic heterocycles. The van der Waals surface area contributed by atoms with Gasteiger partial charge in [0.05, 0.1) is 0 Å². The monoisotopic (exact) mass is 381 g/mol. The van der Waals surface area contributed by atoms with Crippen LogP contribution in [-0.4, -0.2) is 22.5 Å². The van der Waals surface area contributed by atoms with E-state index in [-0.39, 0.29) is 0 Å². The molecule has 0 aromatic rings. The van der Waals surface area contributed by atoms with Gasteiger partial charge in [-0.15, -0.1) is 0 Å². The fourth-order valence-electron chi connectivity index (χ4n) is 4.97. The van der Waals surface area contributed by atoms with Crippen LogP contribution in [0, 0.1) is 0 Å². The Hall–Kier alpha value is -0.0400. The predicted molar refractivity (Wildman–Crippen MR) is 126 cm³/mol. The zero-order chi connectivity index (χ0) is 20.6. The maximum absolute atomic E-state index is 2.80. The van der Waals surface area contributed by atoms with Crippen LogP contribution in [0.25, 0.3) is 0 Å². The van der Waals surface area contributed by atoms with Crippen LogP contribution >= 0.6 is 0 Å². The van der Waals surface area contributed by atoms with E-state index in [0.29, 0.717) is 11.1 Å². The first-order chi connectivity index (χ1) is 12.8. The number of unbranched alkanes of at least 4 members (excludes halogenated alkanes) is 12. The van der Waals surface area contributed by atoms with Crippen molar-refractivity contribution in [2.45, 2.75) is 162 Å². The molecule has 0 heterocycles. The number of rotatable bonds is 19. The normalized spacial score (nSPS) is 12.9. The van der Waals surface area contributed by atoms with Crippen molar-refractivity contribution < 1.29 is 0 Å². The smallest absolute Gasteiger partial charge is 0.0158 e. The minimum absolute atomic E-state index is 0.322. The molecular formula is C26H55N. The summed E-state index contributed by atoms with van der Waals surface area (Å²) in [6, 6.07) is 0. The van der Waals surface area contributed by atoms with Gasteiger partial charge >= 0.3 is 0 Å². The standard InChI is InChI=1S/C26H55N/c1-8-11-13-15-17-19-21-23-25(4,5)27(10-3)26(6,7)24-22-20-18-16-14-12-9-2/h8-24H2,1-7H3. The summed E-state index contributed by atoms with van der Waals surface area (Å²) in [6.07, 6.45) is 22.5. The van der Waals surface area contributed by atoms with Crippen molar-refractivity contribution in [2.75, 3.05) is 6.54 Å². The van der Waals surface area contributed by atoms with Gasteiger partial charge in [0.1, 0.15) is 0 Å². The second-order valence-electron chi connectivity index (χ2n) is 10.1. The van der Waals surface area contributed by atoms with Crippen molar-refractivity contribution in [3.8, 4) is 0 Å². The molecule has 0 aliphatic heterocycles. The average molecular weight is 382 g/mol. The molecule has 1 nitrogen and oxygen atoms in total. The lowest BCUT2D eigenvalue weighted by molar-refractivity contribution is 0.00815. The summed E-state index contributed by atoms with van der Waals surface area (Å²) in [5.41, 5.74) is 0.644. The Kier molecular flexibility index (Phi) is 15.8. The molecule has 0 saturated heterocycles. The molecule has 0 atom stereocenters. The topological polar surface area (TPSA) is 3.24 Å². The van der Waals surface area contributed by atoms with Gasteiger partial charge < -0.3 is 0 Å². The molecule has 0 aliphatic carbocycles. The highest BCUT2D eigenvalue weighted by molar-refractivity contribution is 4.91. The van der Waals surface area contributed by atoms with E-state index in [4.69, 9.17) is 0 Å². The van der Waals surface area contributed by atoms with E-state index in [1.54, 1.807) is 0 Å². The predicted octanol–water partition coefficient (Wildman–Crippen LogP) is 9.15. The number of hydrogen-bond donors (Lipinski definition) is 0.